The van der Waals surface area contributed by atoms with E-state index >= 15 is 0 Å². The van der Waals surface area contributed by atoms with Crippen molar-refractivity contribution in [2.24, 2.45) is 17.3 Å². The number of nitrogens with one attached hydrogen (secondary N) is 1. The van der Waals surface area contributed by atoms with E-state index in [1.165, 1.54) is 0 Å². The Hall–Kier alpha value is -1.30. The Bertz CT molecular complexity index is 473. The van der Waals surface area contributed by atoms with Crippen LogP contribution >= 0.6 is 0 Å². The number of ether oxygens (including phenoxy) is 1. The lowest BCUT2D eigenvalue weighted by Crippen LogP contribution is -2.44. The highest BCUT2D eigenvalue weighted by molar-refractivity contribution is 5.80. The molecule has 2 saturated heterocycles. The summed E-state index contributed by atoms with van der Waals surface area (Å²) < 4.78 is 5.72. The van der Waals surface area contributed by atoms with E-state index < -0.39 is 11.4 Å². The maximum absolute atomic E-state index is 12.4. The third-order valence-corrected chi connectivity index (χ3v) is 5.92. The van der Waals surface area contributed by atoms with Gasteiger partial charge in [0.1, 0.15) is 0 Å². The van der Waals surface area contributed by atoms with Gasteiger partial charge in [0.2, 0.25) is 0 Å². The van der Waals surface area contributed by atoms with Crippen LogP contribution in [0.15, 0.2) is 0 Å². The number of hydrogen-bond acceptors (Lipinski definition) is 3. The van der Waals surface area contributed by atoms with Gasteiger partial charge in [-0.1, -0.05) is 6.42 Å². The molecule has 3 fully saturated rings. The Morgan fingerprint density at radius 2 is 2.00 bits per heavy atom. The molecule has 2 unspecified atom stereocenters. The van der Waals surface area contributed by atoms with E-state index in [-0.39, 0.29) is 24.2 Å². The monoisotopic (exact) mass is 324 g/mol. The molecule has 0 spiro atoms. The summed E-state index contributed by atoms with van der Waals surface area (Å²) in [6.07, 6.45) is 4.99. The highest BCUT2D eigenvalue weighted by Crippen LogP contribution is 2.48. The smallest absolute Gasteiger partial charge is 0.317 e. The van der Waals surface area contributed by atoms with E-state index in [9.17, 15) is 14.7 Å². The average Bonchev–Trinajstić information content (AvgIpc) is 3.01. The van der Waals surface area contributed by atoms with Gasteiger partial charge < -0.3 is 20.1 Å². The summed E-state index contributed by atoms with van der Waals surface area (Å²) in [6.45, 7) is 5.74. The Kier molecular flexibility index (Phi) is 4.54. The number of hydrogen-bond donors (Lipinski definition) is 2. The van der Waals surface area contributed by atoms with Gasteiger partial charge in [0.05, 0.1) is 17.6 Å². The Labute approximate surface area is 137 Å². The fourth-order valence-electron chi connectivity index (χ4n) is 4.85. The standard InChI is InChI=1S/C17H28N2O4/c1-11-6-13(7-12(2)23-11)8-18-16(22)19-9-14-4-3-5-17(14,10-19)15(20)21/h11-14H,3-10H2,1-2H3,(H,18,22)(H,20,21)/t11?,12?,13?,14-,17+/m0/s1. The number of fused-ring (bicyclic) bond motifs is 1. The van der Waals surface area contributed by atoms with Gasteiger partial charge in [-0.05, 0) is 51.4 Å². The molecule has 1 saturated carbocycles. The number of carbonyl (C=O) groups is 2. The summed E-state index contributed by atoms with van der Waals surface area (Å²) in [7, 11) is 0. The molecule has 3 aliphatic rings. The zero-order valence-corrected chi connectivity index (χ0v) is 14.1. The predicted octanol–water partition coefficient (Wildman–Crippen LogP) is 2.09. The SMILES string of the molecule is CC1CC(CNC(=O)N2C[C@@H]3CCC[C@@]3(C(=O)O)C2)CC(C)O1. The molecule has 6 nitrogen and oxygen atoms in total. The lowest BCUT2D eigenvalue weighted by molar-refractivity contribution is -0.149. The quantitative estimate of drug-likeness (QED) is 0.833. The van der Waals surface area contributed by atoms with E-state index in [1.54, 1.807) is 4.90 Å². The van der Waals surface area contributed by atoms with Gasteiger partial charge in [0, 0.05) is 19.6 Å². The van der Waals surface area contributed by atoms with Crippen LogP contribution in [-0.2, 0) is 9.53 Å². The summed E-state index contributed by atoms with van der Waals surface area (Å²) in [5, 5.41) is 12.6. The average molecular weight is 324 g/mol. The molecule has 3 rings (SSSR count). The van der Waals surface area contributed by atoms with Crippen molar-refractivity contribution in [1.29, 1.82) is 0 Å². The molecule has 23 heavy (non-hydrogen) atoms. The zero-order valence-electron chi connectivity index (χ0n) is 14.1. The van der Waals surface area contributed by atoms with Gasteiger partial charge in [-0.15, -0.1) is 0 Å². The van der Waals surface area contributed by atoms with Gasteiger partial charge in [-0.25, -0.2) is 4.79 Å². The van der Waals surface area contributed by atoms with Crippen LogP contribution in [0.1, 0.15) is 46.0 Å². The van der Waals surface area contributed by atoms with Crippen molar-refractivity contribution >= 4 is 12.0 Å². The third kappa shape index (κ3) is 3.18. The van der Waals surface area contributed by atoms with Crippen molar-refractivity contribution < 1.29 is 19.4 Å². The molecule has 2 heterocycles. The molecule has 0 bridgehead atoms. The minimum atomic E-state index is -0.734. The van der Waals surface area contributed by atoms with Crippen LogP contribution in [0, 0.1) is 17.3 Å². The van der Waals surface area contributed by atoms with Crippen LogP contribution in [0.2, 0.25) is 0 Å². The van der Waals surface area contributed by atoms with E-state index in [4.69, 9.17) is 4.74 Å². The van der Waals surface area contributed by atoms with Crippen molar-refractivity contribution in [1.82, 2.24) is 10.2 Å². The van der Waals surface area contributed by atoms with Crippen LogP contribution in [-0.4, -0.2) is 53.8 Å². The van der Waals surface area contributed by atoms with Gasteiger partial charge >= 0.3 is 12.0 Å². The number of amides is 2. The first-order chi connectivity index (χ1) is 10.9. The summed E-state index contributed by atoms with van der Waals surface area (Å²) in [6, 6.07) is -0.105. The molecule has 0 radical (unpaired) electrons. The minimum Gasteiger partial charge on any atom is -0.481 e. The van der Waals surface area contributed by atoms with E-state index in [1.807, 2.05) is 0 Å². The molecule has 1 aliphatic carbocycles. The highest BCUT2D eigenvalue weighted by Gasteiger charge is 2.55. The van der Waals surface area contributed by atoms with Crippen molar-refractivity contribution in [2.45, 2.75) is 58.2 Å². The Morgan fingerprint density at radius 3 is 2.61 bits per heavy atom. The van der Waals surface area contributed by atoms with Crippen LogP contribution in [0.4, 0.5) is 4.79 Å². The maximum Gasteiger partial charge on any atom is 0.317 e. The largest absolute Gasteiger partial charge is 0.481 e. The maximum atomic E-state index is 12.4. The summed E-state index contributed by atoms with van der Waals surface area (Å²) in [5.41, 5.74) is -0.695. The number of urea groups is 1. The molecule has 2 aliphatic heterocycles. The van der Waals surface area contributed by atoms with Crippen LogP contribution < -0.4 is 5.32 Å². The molecule has 0 aromatic heterocycles. The second kappa shape index (κ2) is 6.30. The summed E-state index contributed by atoms with van der Waals surface area (Å²) >= 11 is 0. The lowest BCUT2D eigenvalue weighted by Gasteiger charge is -2.32. The lowest BCUT2D eigenvalue weighted by atomic mass is 9.81. The number of likely N-dealkylation sites (tertiary alicyclic amines) is 1. The van der Waals surface area contributed by atoms with Gasteiger partial charge in [-0.3, -0.25) is 4.79 Å². The highest BCUT2D eigenvalue weighted by atomic mass is 16.5. The topological polar surface area (TPSA) is 78.9 Å². The van der Waals surface area contributed by atoms with Gasteiger partial charge in [0.15, 0.2) is 0 Å². The number of carboxylic acids is 1. The van der Waals surface area contributed by atoms with Crippen molar-refractivity contribution in [2.75, 3.05) is 19.6 Å². The molecule has 0 aromatic carbocycles. The molecule has 130 valence electrons. The number of rotatable bonds is 3. The molecule has 6 heteroatoms. The summed E-state index contributed by atoms with van der Waals surface area (Å²) in [5.74, 6) is -0.176. The first kappa shape index (κ1) is 16.6. The van der Waals surface area contributed by atoms with Crippen molar-refractivity contribution in [3.05, 3.63) is 0 Å². The van der Waals surface area contributed by atoms with E-state index in [0.29, 0.717) is 32.0 Å². The molecule has 4 atom stereocenters. The van der Waals surface area contributed by atoms with Crippen molar-refractivity contribution in [3.8, 4) is 0 Å². The third-order valence-electron chi connectivity index (χ3n) is 5.92. The Morgan fingerprint density at radius 1 is 1.30 bits per heavy atom. The normalized spacial score (nSPS) is 40.0. The summed E-state index contributed by atoms with van der Waals surface area (Å²) in [4.78, 5) is 25.8. The van der Waals surface area contributed by atoms with Crippen LogP contribution in [0.5, 0.6) is 0 Å². The fourth-order valence-corrected chi connectivity index (χ4v) is 4.85. The van der Waals surface area contributed by atoms with E-state index in [0.717, 1.165) is 25.7 Å². The fraction of sp³-hybridized carbons (Fsp3) is 0.882. The first-order valence-electron chi connectivity index (χ1n) is 8.82. The first-order valence-corrected chi connectivity index (χ1v) is 8.82. The van der Waals surface area contributed by atoms with Crippen molar-refractivity contribution in [3.63, 3.8) is 0 Å². The molecule has 2 amide bonds. The van der Waals surface area contributed by atoms with Crippen LogP contribution in [0.3, 0.4) is 0 Å². The molecule has 0 aromatic rings. The van der Waals surface area contributed by atoms with Crippen LogP contribution in [0.25, 0.3) is 0 Å². The number of nitrogens with zero attached hydrogens (tertiary/aromatic N) is 1. The second-order valence-electron chi connectivity index (χ2n) is 7.71. The number of carboxylic acid groups (broad SMARTS) is 1. The number of carbonyl (C=O) groups excluding carboxylic acids is 1. The molecule has 2 N–H and O–H groups in total. The molecular formula is C17H28N2O4. The van der Waals surface area contributed by atoms with Gasteiger partial charge in [0.25, 0.3) is 0 Å². The second-order valence-corrected chi connectivity index (χ2v) is 7.71. The number of aliphatic carboxylic acids is 1. The Balaban J connectivity index is 1.53. The zero-order chi connectivity index (χ0) is 16.6. The van der Waals surface area contributed by atoms with E-state index in [2.05, 4.69) is 19.2 Å². The van der Waals surface area contributed by atoms with Gasteiger partial charge in [-0.2, -0.15) is 0 Å². The molecular weight excluding hydrogens is 296 g/mol. The predicted molar refractivity (Wildman–Crippen MR) is 85.1 cm³/mol. The minimum absolute atomic E-state index is 0.105.